The number of alkyl halides is 3. The molecule has 4 aromatic rings. The lowest BCUT2D eigenvalue weighted by Crippen LogP contribution is -2.17. The van der Waals surface area contributed by atoms with E-state index in [1.54, 1.807) is 12.1 Å². The molecule has 31 heavy (non-hydrogen) atoms. The van der Waals surface area contributed by atoms with Gasteiger partial charge in [0.1, 0.15) is 11.3 Å². The fourth-order valence-electron chi connectivity index (χ4n) is 2.95. The summed E-state index contributed by atoms with van der Waals surface area (Å²) in [6.45, 7) is 0. The summed E-state index contributed by atoms with van der Waals surface area (Å²) in [6.07, 6.45) is -2.50. The van der Waals surface area contributed by atoms with E-state index >= 15 is 0 Å². The van der Waals surface area contributed by atoms with Crippen LogP contribution in [0.2, 0.25) is 0 Å². The molecule has 0 spiro atoms. The molecule has 0 aliphatic heterocycles. The average molecular weight is 430 g/mol. The van der Waals surface area contributed by atoms with Crippen LogP contribution in [0.5, 0.6) is 0 Å². The number of nitrogens with one attached hydrogen (secondary N) is 1. The lowest BCUT2D eigenvalue weighted by atomic mass is 10.1. The van der Waals surface area contributed by atoms with Crippen LogP contribution in [0.4, 0.5) is 18.9 Å². The quantitative estimate of drug-likeness (QED) is 0.491. The van der Waals surface area contributed by atoms with Gasteiger partial charge in [-0.05, 0) is 30.3 Å². The van der Waals surface area contributed by atoms with Gasteiger partial charge < -0.3 is 14.5 Å². The van der Waals surface area contributed by atoms with Crippen molar-refractivity contribution < 1.29 is 31.9 Å². The molecule has 0 aliphatic rings. The van der Waals surface area contributed by atoms with Gasteiger partial charge in [-0.1, -0.05) is 12.1 Å². The highest BCUT2D eigenvalue weighted by Crippen LogP contribution is 2.33. The third-order valence-electron chi connectivity index (χ3n) is 4.36. The Labute approximate surface area is 172 Å². The van der Waals surface area contributed by atoms with Crippen molar-refractivity contribution in [3.05, 3.63) is 71.7 Å². The van der Waals surface area contributed by atoms with Crippen LogP contribution < -0.4 is 5.32 Å². The molecule has 0 atom stereocenters. The molecule has 0 bridgehead atoms. The Morgan fingerprint density at radius 3 is 2.58 bits per heavy atom. The molecular weight excluding hydrogens is 417 g/mol. The van der Waals surface area contributed by atoms with E-state index in [4.69, 9.17) is 4.42 Å². The van der Waals surface area contributed by atoms with Crippen molar-refractivity contribution >= 4 is 23.2 Å². The third kappa shape index (κ3) is 3.72. The molecule has 0 unspecified atom stereocenters. The van der Waals surface area contributed by atoms with Crippen molar-refractivity contribution in [3.8, 4) is 11.5 Å². The molecule has 0 saturated heterocycles. The number of benzene rings is 1. The third-order valence-corrected chi connectivity index (χ3v) is 4.36. The number of rotatable bonds is 4. The van der Waals surface area contributed by atoms with Crippen LogP contribution in [0.25, 0.3) is 17.1 Å². The van der Waals surface area contributed by atoms with Gasteiger partial charge in [0.2, 0.25) is 0 Å². The first kappa shape index (κ1) is 20.1. The van der Waals surface area contributed by atoms with E-state index in [9.17, 15) is 22.8 Å². The summed E-state index contributed by atoms with van der Waals surface area (Å²) in [5.74, 6) is -1.39. The van der Waals surface area contributed by atoms with Crippen LogP contribution in [0.15, 0.2) is 59.3 Å². The highest BCUT2D eigenvalue weighted by molar-refractivity contribution is 6.10. The molecule has 4 rings (SSSR count). The number of carbonyl (C=O) groups excluding carboxylic acids is 2. The fraction of sp³-hybridized carbons (Fsp3) is 0.100. The minimum atomic E-state index is -4.76. The van der Waals surface area contributed by atoms with Crippen LogP contribution >= 0.6 is 0 Å². The number of nitrogens with zero attached hydrogens (tertiary/aromatic N) is 3. The van der Waals surface area contributed by atoms with Crippen molar-refractivity contribution in [2.45, 2.75) is 6.18 Å². The van der Waals surface area contributed by atoms with Gasteiger partial charge in [0.15, 0.2) is 17.1 Å². The highest BCUT2D eigenvalue weighted by Gasteiger charge is 2.36. The molecule has 1 aromatic carbocycles. The first-order valence-corrected chi connectivity index (χ1v) is 8.78. The summed E-state index contributed by atoms with van der Waals surface area (Å²) in [5, 5.41) is 6.19. The SMILES string of the molecule is COC(=O)c1ccccc1NC(=O)c1cnn2c(C(F)(F)F)cc(-c3ccco3)nc12. The Morgan fingerprint density at radius 1 is 1.13 bits per heavy atom. The number of fused-ring (bicyclic) bond motifs is 1. The van der Waals surface area contributed by atoms with Gasteiger partial charge in [-0.15, -0.1) is 0 Å². The molecule has 3 aromatic heterocycles. The van der Waals surface area contributed by atoms with E-state index in [-0.39, 0.29) is 33.9 Å². The predicted molar refractivity (Wildman–Crippen MR) is 101 cm³/mol. The smallest absolute Gasteiger partial charge is 0.433 e. The monoisotopic (exact) mass is 430 g/mol. The van der Waals surface area contributed by atoms with Crippen LogP contribution in [0.3, 0.4) is 0 Å². The number of hydrogen-bond acceptors (Lipinski definition) is 6. The van der Waals surface area contributed by atoms with Crippen LogP contribution in [-0.4, -0.2) is 33.6 Å². The molecule has 1 N–H and O–H groups in total. The zero-order chi connectivity index (χ0) is 22.2. The van der Waals surface area contributed by atoms with Gasteiger partial charge in [-0.25, -0.2) is 14.3 Å². The number of esters is 1. The number of aromatic nitrogens is 3. The van der Waals surface area contributed by atoms with E-state index in [0.29, 0.717) is 4.52 Å². The van der Waals surface area contributed by atoms with Gasteiger partial charge >= 0.3 is 12.1 Å². The van der Waals surface area contributed by atoms with Crippen LogP contribution in [0, 0.1) is 0 Å². The second-order valence-electron chi connectivity index (χ2n) is 6.29. The lowest BCUT2D eigenvalue weighted by molar-refractivity contribution is -0.142. The van der Waals surface area contributed by atoms with E-state index in [1.165, 1.54) is 37.6 Å². The Bertz CT molecular complexity index is 1280. The van der Waals surface area contributed by atoms with Gasteiger partial charge in [0, 0.05) is 0 Å². The summed E-state index contributed by atoms with van der Waals surface area (Å²) in [6, 6.07) is 9.78. The Morgan fingerprint density at radius 2 is 1.90 bits per heavy atom. The summed E-state index contributed by atoms with van der Waals surface area (Å²) in [7, 11) is 1.19. The average Bonchev–Trinajstić information content (AvgIpc) is 3.42. The normalized spacial score (nSPS) is 11.5. The molecular formula is C20H13F3N4O4. The molecule has 0 radical (unpaired) electrons. The largest absolute Gasteiger partial charge is 0.465 e. The minimum absolute atomic E-state index is 0.0787. The molecule has 3 heterocycles. The maximum absolute atomic E-state index is 13.6. The summed E-state index contributed by atoms with van der Waals surface area (Å²) >= 11 is 0. The molecule has 158 valence electrons. The van der Waals surface area contributed by atoms with Gasteiger partial charge in [0.05, 0.1) is 30.8 Å². The number of furan rings is 1. The van der Waals surface area contributed by atoms with Gasteiger partial charge in [-0.3, -0.25) is 4.79 Å². The topological polar surface area (TPSA) is 98.7 Å². The van der Waals surface area contributed by atoms with E-state index in [1.807, 2.05) is 0 Å². The molecule has 11 heteroatoms. The number of anilines is 1. The summed E-state index contributed by atoms with van der Waals surface area (Å²) in [5.41, 5.74) is -1.59. The van der Waals surface area contributed by atoms with Crippen molar-refractivity contribution in [3.63, 3.8) is 0 Å². The minimum Gasteiger partial charge on any atom is -0.465 e. The Kier molecular flexibility index (Phi) is 4.93. The predicted octanol–water partition coefficient (Wildman–Crippen LogP) is 4.05. The Hall–Kier alpha value is -4.15. The number of carbonyl (C=O) groups is 2. The highest BCUT2D eigenvalue weighted by atomic mass is 19.4. The molecule has 1 amide bonds. The molecule has 8 nitrogen and oxygen atoms in total. The first-order valence-electron chi connectivity index (χ1n) is 8.78. The number of hydrogen-bond donors (Lipinski definition) is 1. The maximum atomic E-state index is 13.6. The molecule has 0 aliphatic carbocycles. The number of ether oxygens (including phenoxy) is 1. The standard InChI is InChI=1S/C20H13F3N4O4/c1-30-19(29)11-5-2-3-6-13(11)26-18(28)12-10-24-27-16(20(21,22)23)9-14(25-17(12)27)15-7-4-8-31-15/h2-10H,1H3,(H,26,28). The van der Waals surface area contributed by atoms with Crippen molar-refractivity contribution in [2.75, 3.05) is 12.4 Å². The fourth-order valence-corrected chi connectivity index (χ4v) is 2.95. The van der Waals surface area contributed by atoms with E-state index in [2.05, 4.69) is 20.1 Å². The maximum Gasteiger partial charge on any atom is 0.433 e. The number of halogens is 3. The summed E-state index contributed by atoms with van der Waals surface area (Å²) in [4.78, 5) is 28.9. The van der Waals surface area contributed by atoms with Gasteiger partial charge in [0.25, 0.3) is 5.91 Å². The first-order chi connectivity index (χ1) is 14.8. The second-order valence-corrected chi connectivity index (χ2v) is 6.29. The number of methoxy groups -OCH3 is 1. The summed E-state index contributed by atoms with van der Waals surface area (Å²) < 4.78 is 51.2. The number of amides is 1. The van der Waals surface area contributed by atoms with Crippen molar-refractivity contribution in [1.82, 2.24) is 14.6 Å². The van der Waals surface area contributed by atoms with E-state index < -0.39 is 23.7 Å². The van der Waals surface area contributed by atoms with Crippen LogP contribution in [-0.2, 0) is 10.9 Å². The zero-order valence-electron chi connectivity index (χ0n) is 15.8. The van der Waals surface area contributed by atoms with Crippen molar-refractivity contribution in [2.24, 2.45) is 0 Å². The van der Waals surface area contributed by atoms with E-state index in [0.717, 1.165) is 12.3 Å². The lowest BCUT2D eigenvalue weighted by Gasteiger charge is -2.11. The number of para-hydroxylation sites is 1. The van der Waals surface area contributed by atoms with Gasteiger partial charge in [-0.2, -0.15) is 18.3 Å². The van der Waals surface area contributed by atoms with Crippen molar-refractivity contribution in [1.29, 1.82) is 0 Å². The molecule has 0 fully saturated rings. The second kappa shape index (κ2) is 7.59. The Balaban J connectivity index is 1.81. The zero-order valence-corrected chi connectivity index (χ0v) is 15.8. The molecule has 0 saturated carbocycles. The van der Waals surface area contributed by atoms with Crippen LogP contribution in [0.1, 0.15) is 26.4 Å².